The Hall–Kier alpha value is -1.97. The molecular formula is C15H18FN3. The predicted molar refractivity (Wildman–Crippen MR) is 74.8 cm³/mol. The molecule has 0 radical (unpaired) electrons. The topological polar surface area (TPSA) is 37.8 Å². The van der Waals surface area contributed by atoms with Gasteiger partial charge in [0.15, 0.2) is 0 Å². The molecule has 1 aromatic carbocycles. The molecule has 2 rings (SSSR count). The van der Waals surface area contributed by atoms with Crippen LogP contribution in [0, 0.1) is 12.7 Å². The number of nitrogens with zero attached hydrogens (tertiary/aromatic N) is 2. The standard InChI is InChI=1S/C15H18FN3/c1-10-9-13(17-4)19-14(18-10)15(2,3)11-5-7-12(16)8-6-11/h5-9H,1-4H3,(H,17,18,19). The molecule has 0 bridgehead atoms. The zero-order valence-corrected chi connectivity index (χ0v) is 11.7. The number of halogens is 1. The van der Waals surface area contributed by atoms with E-state index in [-0.39, 0.29) is 11.2 Å². The van der Waals surface area contributed by atoms with Crippen LogP contribution in [-0.4, -0.2) is 17.0 Å². The molecule has 2 aromatic rings. The highest BCUT2D eigenvalue weighted by Crippen LogP contribution is 2.29. The molecule has 0 fully saturated rings. The van der Waals surface area contributed by atoms with Crippen LogP contribution in [0.3, 0.4) is 0 Å². The zero-order valence-electron chi connectivity index (χ0n) is 11.7. The average Bonchev–Trinajstić information content (AvgIpc) is 2.38. The molecule has 0 unspecified atom stereocenters. The first-order valence-electron chi connectivity index (χ1n) is 6.23. The molecule has 3 nitrogen and oxygen atoms in total. The fourth-order valence-corrected chi connectivity index (χ4v) is 1.97. The second-order valence-corrected chi connectivity index (χ2v) is 5.10. The number of aromatic nitrogens is 2. The normalized spacial score (nSPS) is 11.4. The maximum Gasteiger partial charge on any atom is 0.140 e. The first-order chi connectivity index (χ1) is 8.93. The van der Waals surface area contributed by atoms with Crippen molar-refractivity contribution in [3.63, 3.8) is 0 Å². The molecule has 0 saturated carbocycles. The number of hydrogen-bond acceptors (Lipinski definition) is 3. The summed E-state index contributed by atoms with van der Waals surface area (Å²) in [5.41, 5.74) is 1.52. The summed E-state index contributed by atoms with van der Waals surface area (Å²) in [5.74, 6) is 1.28. The SMILES string of the molecule is CNc1cc(C)nc(C(C)(C)c2ccc(F)cc2)n1. The summed E-state index contributed by atoms with van der Waals surface area (Å²) in [7, 11) is 1.83. The third-order valence-electron chi connectivity index (χ3n) is 3.24. The van der Waals surface area contributed by atoms with E-state index in [1.807, 2.05) is 33.9 Å². The van der Waals surface area contributed by atoms with Gasteiger partial charge in [0.2, 0.25) is 0 Å². The maximum atomic E-state index is 13.0. The molecule has 0 amide bonds. The van der Waals surface area contributed by atoms with Crippen molar-refractivity contribution in [1.29, 1.82) is 0 Å². The van der Waals surface area contributed by atoms with E-state index in [1.165, 1.54) is 12.1 Å². The van der Waals surface area contributed by atoms with Crippen molar-refractivity contribution >= 4 is 5.82 Å². The van der Waals surface area contributed by atoms with Crippen molar-refractivity contribution in [2.45, 2.75) is 26.2 Å². The van der Waals surface area contributed by atoms with E-state index in [4.69, 9.17) is 0 Å². The zero-order chi connectivity index (χ0) is 14.0. The van der Waals surface area contributed by atoms with Gasteiger partial charge in [-0.3, -0.25) is 0 Å². The molecule has 0 atom stereocenters. The lowest BCUT2D eigenvalue weighted by Gasteiger charge is -2.24. The third kappa shape index (κ3) is 2.72. The van der Waals surface area contributed by atoms with Crippen molar-refractivity contribution in [3.05, 3.63) is 53.2 Å². The average molecular weight is 259 g/mol. The van der Waals surface area contributed by atoms with Crippen LogP contribution in [0.25, 0.3) is 0 Å². The number of aryl methyl sites for hydroxylation is 1. The Morgan fingerprint density at radius 1 is 1.11 bits per heavy atom. The van der Waals surface area contributed by atoms with Crippen molar-refractivity contribution < 1.29 is 4.39 Å². The van der Waals surface area contributed by atoms with Gasteiger partial charge >= 0.3 is 0 Å². The summed E-state index contributed by atoms with van der Waals surface area (Å²) in [5, 5.41) is 3.03. The minimum absolute atomic E-state index is 0.236. The summed E-state index contributed by atoms with van der Waals surface area (Å²) >= 11 is 0. The molecule has 0 aliphatic heterocycles. The van der Waals surface area contributed by atoms with Crippen molar-refractivity contribution in [3.8, 4) is 0 Å². The number of benzene rings is 1. The van der Waals surface area contributed by atoms with Gasteiger partial charge < -0.3 is 5.32 Å². The number of hydrogen-bond donors (Lipinski definition) is 1. The molecule has 1 aromatic heterocycles. The van der Waals surface area contributed by atoms with Gasteiger partial charge in [0.05, 0.1) is 0 Å². The fraction of sp³-hybridized carbons (Fsp3) is 0.333. The van der Waals surface area contributed by atoms with Crippen LogP contribution < -0.4 is 5.32 Å². The Kier molecular flexibility index (Phi) is 3.51. The van der Waals surface area contributed by atoms with Crippen molar-refractivity contribution in [2.75, 3.05) is 12.4 Å². The summed E-state index contributed by atoms with van der Waals surface area (Å²) in [4.78, 5) is 9.01. The van der Waals surface area contributed by atoms with E-state index in [2.05, 4.69) is 15.3 Å². The van der Waals surface area contributed by atoms with Crippen LogP contribution in [-0.2, 0) is 5.41 Å². The lowest BCUT2D eigenvalue weighted by atomic mass is 9.83. The lowest BCUT2D eigenvalue weighted by Crippen LogP contribution is -2.23. The molecule has 4 heteroatoms. The van der Waals surface area contributed by atoms with Gasteiger partial charge in [-0.15, -0.1) is 0 Å². The fourth-order valence-electron chi connectivity index (χ4n) is 1.97. The van der Waals surface area contributed by atoms with Gasteiger partial charge in [-0.25, -0.2) is 14.4 Å². The Balaban J connectivity index is 2.49. The highest BCUT2D eigenvalue weighted by molar-refractivity contribution is 5.39. The molecule has 19 heavy (non-hydrogen) atoms. The monoisotopic (exact) mass is 259 g/mol. The molecular weight excluding hydrogens is 241 g/mol. The van der Waals surface area contributed by atoms with Gasteiger partial charge in [-0.1, -0.05) is 12.1 Å². The van der Waals surface area contributed by atoms with Crippen LogP contribution in [0.1, 0.15) is 30.9 Å². The van der Waals surface area contributed by atoms with E-state index < -0.39 is 0 Å². The van der Waals surface area contributed by atoms with E-state index in [1.54, 1.807) is 12.1 Å². The van der Waals surface area contributed by atoms with E-state index in [0.29, 0.717) is 0 Å². The van der Waals surface area contributed by atoms with E-state index in [0.717, 1.165) is 22.9 Å². The van der Waals surface area contributed by atoms with Crippen LogP contribution in [0.4, 0.5) is 10.2 Å². The van der Waals surface area contributed by atoms with Crippen LogP contribution in [0.2, 0.25) is 0 Å². The molecule has 0 spiro atoms. The maximum absolute atomic E-state index is 13.0. The molecule has 100 valence electrons. The molecule has 0 saturated heterocycles. The summed E-state index contributed by atoms with van der Waals surface area (Å²) in [6.07, 6.45) is 0. The minimum atomic E-state index is -0.370. The van der Waals surface area contributed by atoms with E-state index in [9.17, 15) is 4.39 Å². The number of rotatable bonds is 3. The largest absolute Gasteiger partial charge is 0.373 e. The minimum Gasteiger partial charge on any atom is -0.373 e. The van der Waals surface area contributed by atoms with E-state index >= 15 is 0 Å². The summed E-state index contributed by atoms with van der Waals surface area (Å²) in [6, 6.07) is 8.38. The first kappa shape index (κ1) is 13.5. The Morgan fingerprint density at radius 3 is 2.32 bits per heavy atom. The second kappa shape index (κ2) is 4.96. The predicted octanol–water partition coefficient (Wildman–Crippen LogP) is 3.29. The van der Waals surface area contributed by atoms with Gasteiger partial charge in [0.1, 0.15) is 17.5 Å². The smallest absolute Gasteiger partial charge is 0.140 e. The second-order valence-electron chi connectivity index (χ2n) is 5.10. The lowest BCUT2D eigenvalue weighted by molar-refractivity contribution is 0.581. The first-order valence-corrected chi connectivity index (χ1v) is 6.23. The number of anilines is 1. The Labute approximate surface area is 112 Å². The molecule has 0 aliphatic carbocycles. The Morgan fingerprint density at radius 2 is 1.74 bits per heavy atom. The molecule has 0 aliphatic rings. The van der Waals surface area contributed by atoms with Gasteiger partial charge in [0, 0.05) is 24.2 Å². The summed E-state index contributed by atoms with van der Waals surface area (Å²) < 4.78 is 13.0. The quantitative estimate of drug-likeness (QED) is 0.919. The van der Waals surface area contributed by atoms with Gasteiger partial charge in [-0.2, -0.15) is 0 Å². The van der Waals surface area contributed by atoms with Crippen molar-refractivity contribution in [1.82, 2.24) is 9.97 Å². The highest BCUT2D eigenvalue weighted by atomic mass is 19.1. The van der Waals surface area contributed by atoms with Gasteiger partial charge in [-0.05, 0) is 38.5 Å². The van der Waals surface area contributed by atoms with Crippen LogP contribution in [0.15, 0.2) is 30.3 Å². The van der Waals surface area contributed by atoms with Crippen molar-refractivity contribution in [2.24, 2.45) is 0 Å². The highest BCUT2D eigenvalue weighted by Gasteiger charge is 2.27. The van der Waals surface area contributed by atoms with Crippen LogP contribution >= 0.6 is 0 Å². The summed E-state index contributed by atoms with van der Waals surface area (Å²) in [6.45, 7) is 6.01. The Bertz CT molecular complexity index is 576. The third-order valence-corrected chi connectivity index (χ3v) is 3.24. The van der Waals surface area contributed by atoms with Crippen LogP contribution in [0.5, 0.6) is 0 Å². The van der Waals surface area contributed by atoms with Gasteiger partial charge in [0.25, 0.3) is 0 Å². The molecule has 1 heterocycles. The number of nitrogens with one attached hydrogen (secondary N) is 1. The molecule has 1 N–H and O–H groups in total.